The first-order valence-corrected chi connectivity index (χ1v) is 9.69. The van der Waals surface area contributed by atoms with Crippen molar-refractivity contribution in [3.8, 4) is 5.75 Å². The first kappa shape index (κ1) is 22.3. The molecule has 0 atom stereocenters. The van der Waals surface area contributed by atoms with E-state index >= 15 is 0 Å². The summed E-state index contributed by atoms with van der Waals surface area (Å²) in [6, 6.07) is 23.6. The molecule has 31 heavy (non-hydrogen) atoms. The van der Waals surface area contributed by atoms with Crippen molar-refractivity contribution in [1.29, 1.82) is 0 Å². The summed E-state index contributed by atoms with van der Waals surface area (Å²) in [5.74, 6) is 0.907. The molecule has 4 aromatic rings. The number of Topliss-reactive ketones (excluding diaryl/α,β-unsaturated/α-hetero) is 1. The fourth-order valence-corrected chi connectivity index (χ4v) is 3.29. The van der Waals surface area contributed by atoms with E-state index in [4.69, 9.17) is 14.9 Å². The van der Waals surface area contributed by atoms with Crippen LogP contribution in [0.5, 0.6) is 5.75 Å². The van der Waals surface area contributed by atoms with Crippen molar-refractivity contribution < 1.29 is 13.9 Å². The molecule has 0 spiro atoms. The van der Waals surface area contributed by atoms with E-state index < -0.39 is 0 Å². The molecule has 4 rings (SSSR count). The first-order valence-electron chi connectivity index (χ1n) is 9.69. The van der Waals surface area contributed by atoms with Gasteiger partial charge in [-0.15, -0.1) is 12.4 Å². The van der Waals surface area contributed by atoms with E-state index in [9.17, 15) is 9.59 Å². The zero-order valence-corrected chi connectivity index (χ0v) is 17.6. The van der Waals surface area contributed by atoms with Gasteiger partial charge < -0.3 is 14.9 Å². The molecule has 2 N–H and O–H groups in total. The number of para-hydroxylation sites is 1. The number of ether oxygens (including phenoxy) is 1. The maximum Gasteiger partial charge on any atom is 0.193 e. The highest BCUT2D eigenvalue weighted by Gasteiger charge is 2.11. The molecule has 0 aliphatic rings. The summed E-state index contributed by atoms with van der Waals surface area (Å²) >= 11 is 0. The molecule has 0 aliphatic carbocycles. The molecule has 0 saturated carbocycles. The third kappa shape index (κ3) is 5.20. The van der Waals surface area contributed by atoms with Gasteiger partial charge in [0.1, 0.15) is 12.4 Å². The van der Waals surface area contributed by atoms with E-state index in [1.54, 1.807) is 24.3 Å². The predicted molar refractivity (Wildman–Crippen MR) is 123 cm³/mol. The summed E-state index contributed by atoms with van der Waals surface area (Å²) in [5, 5.41) is 0.441. The summed E-state index contributed by atoms with van der Waals surface area (Å²) in [4.78, 5) is 24.9. The number of carbonyl (C=O) groups excluding carboxylic acids is 1. The lowest BCUT2D eigenvalue weighted by molar-refractivity contribution is 0.0993. The Kier molecular flexibility index (Phi) is 7.23. The Balaban J connectivity index is 0.00000272. The molecule has 1 heterocycles. The number of halogens is 1. The lowest BCUT2D eigenvalue weighted by Crippen LogP contribution is -2.07. The highest BCUT2D eigenvalue weighted by molar-refractivity contribution is 5.97. The van der Waals surface area contributed by atoms with Crippen molar-refractivity contribution in [2.45, 2.75) is 19.6 Å². The molecule has 0 saturated heterocycles. The number of carbonyl (C=O) groups is 1. The van der Waals surface area contributed by atoms with Gasteiger partial charge in [-0.25, -0.2) is 0 Å². The van der Waals surface area contributed by atoms with Gasteiger partial charge in [0.25, 0.3) is 0 Å². The summed E-state index contributed by atoms with van der Waals surface area (Å²) in [6.07, 6.45) is 0.349. The number of rotatable bonds is 7. The molecular formula is C25H22ClNO4. The molecule has 158 valence electrons. The van der Waals surface area contributed by atoms with Gasteiger partial charge >= 0.3 is 0 Å². The van der Waals surface area contributed by atoms with Crippen LogP contribution >= 0.6 is 12.4 Å². The average molecular weight is 436 g/mol. The number of hydrogen-bond acceptors (Lipinski definition) is 5. The number of fused-ring (bicyclic) bond motifs is 1. The number of benzene rings is 3. The van der Waals surface area contributed by atoms with Gasteiger partial charge in [-0.1, -0.05) is 54.6 Å². The molecule has 0 bridgehead atoms. The number of ketones is 1. The van der Waals surface area contributed by atoms with Gasteiger partial charge in [0.05, 0.1) is 11.9 Å². The molecule has 6 heteroatoms. The Labute approximate surface area is 185 Å². The normalized spacial score (nSPS) is 10.5. The molecule has 0 fully saturated rings. The SMILES string of the molecule is Cl.NCc1cc(=O)c2cccc(OCc3cccc(C(=O)Cc4ccccc4)c3)c2o1. The molecule has 0 aliphatic heterocycles. The standard InChI is InChI=1S/C25H21NO4.ClH/c26-15-20-14-23(28)21-10-5-11-24(25(21)30-20)29-16-18-8-4-9-19(12-18)22(27)13-17-6-2-1-3-7-17;/h1-12,14H,13,15-16,26H2;1H. The maximum atomic E-state index is 12.6. The van der Waals surface area contributed by atoms with Gasteiger partial charge in [-0.05, 0) is 29.3 Å². The molecule has 3 aromatic carbocycles. The van der Waals surface area contributed by atoms with Crippen molar-refractivity contribution in [3.05, 3.63) is 112 Å². The van der Waals surface area contributed by atoms with E-state index in [0.29, 0.717) is 34.5 Å². The second-order valence-electron chi connectivity index (χ2n) is 6.99. The van der Waals surface area contributed by atoms with Gasteiger partial charge in [-0.2, -0.15) is 0 Å². The van der Waals surface area contributed by atoms with E-state index in [1.807, 2.05) is 48.5 Å². The minimum absolute atomic E-state index is 0. The monoisotopic (exact) mass is 435 g/mol. The fraction of sp³-hybridized carbons (Fsp3) is 0.120. The highest BCUT2D eigenvalue weighted by Crippen LogP contribution is 2.25. The lowest BCUT2D eigenvalue weighted by atomic mass is 10.0. The Morgan fingerprint density at radius 2 is 1.65 bits per heavy atom. The summed E-state index contributed by atoms with van der Waals surface area (Å²) in [6.45, 7) is 0.368. The molecule has 1 aromatic heterocycles. The zero-order valence-electron chi connectivity index (χ0n) is 16.7. The summed E-state index contributed by atoms with van der Waals surface area (Å²) in [5.41, 5.74) is 8.30. The van der Waals surface area contributed by atoms with Crippen molar-refractivity contribution in [1.82, 2.24) is 0 Å². The van der Waals surface area contributed by atoms with Crippen LogP contribution in [-0.4, -0.2) is 5.78 Å². The third-order valence-electron chi connectivity index (χ3n) is 4.82. The second-order valence-corrected chi connectivity index (χ2v) is 6.99. The van der Waals surface area contributed by atoms with Crippen molar-refractivity contribution in [2.75, 3.05) is 0 Å². The van der Waals surface area contributed by atoms with E-state index in [1.165, 1.54) is 6.07 Å². The van der Waals surface area contributed by atoms with Crippen molar-refractivity contribution in [2.24, 2.45) is 5.73 Å². The minimum atomic E-state index is -0.157. The zero-order chi connectivity index (χ0) is 20.9. The van der Waals surface area contributed by atoms with Gasteiger partial charge in [-0.3, -0.25) is 9.59 Å². The smallest absolute Gasteiger partial charge is 0.193 e. The highest BCUT2D eigenvalue weighted by atomic mass is 35.5. The average Bonchev–Trinajstić information content (AvgIpc) is 2.78. The first-order chi connectivity index (χ1) is 14.6. The molecule has 0 radical (unpaired) electrons. The molecule has 0 unspecified atom stereocenters. The van der Waals surface area contributed by atoms with Crippen LogP contribution in [0.3, 0.4) is 0 Å². The van der Waals surface area contributed by atoms with Gasteiger partial charge in [0.15, 0.2) is 22.5 Å². The van der Waals surface area contributed by atoms with Gasteiger partial charge in [0, 0.05) is 18.1 Å². The quantitative estimate of drug-likeness (QED) is 0.426. The maximum absolute atomic E-state index is 12.6. The second kappa shape index (κ2) is 10.1. The van der Waals surface area contributed by atoms with E-state index in [0.717, 1.165) is 11.1 Å². The Morgan fingerprint density at radius 3 is 2.42 bits per heavy atom. The number of hydrogen-bond donors (Lipinski definition) is 1. The van der Waals surface area contributed by atoms with E-state index in [-0.39, 0.29) is 36.8 Å². The Bertz CT molecular complexity index is 1250. The van der Waals surface area contributed by atoms with Crippen LogP contribution in [0.4, 0.5) is 0 Å². The Hall–Kier alpha value is -3.41. The van der Waals surface area contributed by atoms with E-state index in [2.05, 4.69) is 0 Å². The third-order valence-corrected chi connectivity index (χ3v) is 4.82. The van der Waals surface area contributed by atoms with Crippen LogP contribution in [0.2, 0.25) is 0 Å². The molecular weight excluding hydrogens is 414 g/mol. The van der Waals surface area contributed by atoms with Crippen LogP contribution in [0.1, 0.15) is 27.2 Å². The van der Waals surface area contributed by atoms with Crippen LogP contribution in [0.25, 0.3) is 11.0 Å². The van der Waals surface area contributed by atoms with Crippen LogP contribution < -0.4 is 15.9 Å². The van der Waals surface area contributed by atoms with Crippen molar-refractivity contribution >= 4 is 29.2 Å². The van der Waals surface area contributed by atoms with Crippen LogP contribution in [0.15, 0.2) is 88.1 Å². The number of nitrogens with two attached hydrogens (primary N) is 1. The Morgan fingerprint density at radius 1 is 0.903 bits per heavy atom. The topological polar surface area (TPSA) is 82.5 Å². The molecule has 5 nitrogen and oxygen atoms in total. The lowest BCUT2D eigenvalue weighted by Gasteiger charge is -2.10. The van der Waals surface area contributed by atoms with Crippen LogP contribution in [0, 0.1) is 0 Å². The predicted octanol–water partition coefficient (Wildman–Crippen LogP) is 4.68. The van der Waals surface area contributed by atoms with Crippen molar-refractivity contribution in [3.63, 3.8) is 0 Å². The van der Waals surface area contributed by atoms with Gasteiger partial charge in [0.2, 0.25) is 0 Å². The molecule has 0 amide bonds. The van der Waals surface area contributed by atoms with Crippen LogP contribution in [-0.2, 0) is 19.6 Å². The summed E-state index contributed by atoms with van der Waals surface area (Å²) in [7, 11) is 0. The summed E-state index contributed by atoms with van der Waals surface area (Å²) < 4.78 is 11.7. The minimum Gasteiger partial charge on any atom is -0.485 e. The fourth-order valence-electron chi connectivity index (χ4n) is 3.29. The largest absolute Gasteiger partial charge is 0.485 e.